The normalized spacial score (nSPS) is 12.5. The summed E-state index contributed by atoms with van der Waals surface area (Å²) < 4.78 is 4.84. The van der Waals surface area contributed by atoms with Gasteiger partial charge in [-0.25, -0.2) is 0 Å². The Morgan fingerprint density at radius 2 is 2.58 bits per heavy atom. The number of hydrogen-bond donors (Lipinski definition) is 2. The first kappa shape index (κ1) is 9.19. The Labute approximate surface area is 76.6 Å². The van der Waals surface area contributed by atoms with Gasteiger partial charge in [-0.05, 0) is 13.0 Å². The minimum absolute atomic E-state index is 0.0699. The molecule has 1 unspecified atom stereocenters. The van der Waals surface area contributed by atoms with Gasteiger partial charge in [-0.2, -0.15) is 12.6 Å². The van der Waals surface area contributed by atoms with Gasteiger partial charge in [-0.15, -0.1) is 0 Å². The molecule has 1 rings (SSSR count). The topological polar surface area (TPSA) is 42.2 Å². The fourth-order valence-electron chi connectivity index (χ4n) is 0.730. The molecule has 1 amide bonds. The van der Waals surface area contributed by atoms with Crippen LogP contribution in [-0.2, 0) is 11.3 Å². The largest absolute Gasteiger partial charge is 0.472 e. The molecule has 0 saturated carbocycles. The Kier molecular flexibility index (Phi) is 3.22. The first-order valence-corrected chi connectivity index (χ1v) is 4.18. The number of thiol groups is 1. The second kappa shape index (κ2) is 4.21. The summed E-state index contributed by atoms with van der Waals surface area (Å²) in [5, 5.41) is 2.44. The maximum atomic E-state index is 11.0. The third-order valence-electron chi connectivity index (χ3n) is 1.43. The fourth-order valence-corrected chi connectivity index (χ4v) is 0.821. The second-order valence-electron chi connectivity index (χ2n) is 2.53. The lowest BCUT2D eigenvalue weighted by Crippen LogP contribution is -2.28. The van der Waals surface area contributed by atoms with E-state index in [1.165, 1.54) is 0 Å². The zero-order valence-electron chi connectivity index (χ0n) is 6.78. The molecule has 1 N–H and O–H groups in total. The van der Waals surface area contributed by atoms with Crippen LogP contribution in [0.5, 0.6) is 0 Å². The highest BCUT2D eigenvalue weighted by molar-refractivity contribution is 7.81. The SMILES string of the molecule is CC(S)C(=O)NCc1ccoc1. The van der Waals surface area contributed by atoms with Crippen molar-refractivity contribution in [3.8, 4) is 0 Å². The molecule has 0 spiro atoms. The van der Waals surface area contributed by atoms with Crippen molar-refractivity contribution in [1.82, 2.24) is 5.32 Å². The van der Waals surface area contributed by atoms with Crippen molar-refractivity contribution in [2.45, 2.75) is 18.7 Å². The molecule has 12 heavy (non-hydrogen) atoms. The summed E-state index contributed by atoms with van der Waals surface area (Å²) in [5.74, 6) is -0.0699. The minimum Gasteiger partial charge on any atom is -0.472 e. The van der Waals surface area contributed by atoms with Crippen molar-refractivity contribution in [2.75, 3.05) is 0 Å². The highest BCUT2D eigenvalue weighted by atomic mass is 32.1. The number of carbonyl (C=O) groups is 1. The monoisotopic (exact) mass is 185 g/mol. The Balaban J connectivity index is 2.32. The number of hydrogen-bond acceptors (Lipinski definition) is 3. The third-order valence-corrected chi connectivity index (χ3v) is 1.66. The predicted octanol–water partition coefficient (Wildman–Crippen LogP) is 1.21. The van der Waals surface area contributed by atoms with E-state index in [4.69, 9.17) is 4.42 Å². The van der Waals surface area contributed by atoms with E-state index in [9.17, 15) is 4.79 Å². The lowest BCUT2D eigenvalue weighted by atomic mass is 10.3. The van der Waals surface area contributed by atoms with Crippen LogP contribution in [0.1, 0.15) is 12.5 Å². The molecule has 0 bridgehead atoms. The number of rotatable bonds is 3. The van der Waals surface area contributed by atoms with Crippen molar-refractivity contribution in [2.24, 2.45) is 0 Å². The summed E-state index contributed by atoms with van der Waals surface area (Å²) in [4.78, 5) is 11.0. The van der Waals surface area contributed by atoms with Crippen LogP contribution >= 0.6 is 12.6 Å². The van der Waals surface area contributed by atoms with Crippen molar-refractivity contribution in [3.63, 3.8) is 0 Å². The van der Waals surface area contributed by atoms with Crippen LogP contribution in [0.15, 0.2) is 23.0 Å². The standard InChI is InChI=1S/C8H11NO2S/c1-6(12)8(10)9-4-7-2-3-11-5-7/h2-3,5-6,12H,4H2,1H3,(H,9,10). The Morgan fingerprint density at radius 1 is 1.83 bits per heavy atom. The minimum atomic E-state index is -0.267. The Hall–Kier alpha value is -0.900. The van der Waals surface area contributed by atoms with Crippen LogP contribution in [0.2, 0.25) is 0 Å². The Bertz CT molecular complexity index is 244. The molecule has 0 aliphatic rings. The van der Waals surface area contributed by atoms with Crippen LogP contribution in [0.3, 0.4) is 0 Å². The van der Waals surface area contributed by atoms with Crippen LogP contribution in [-0.4, -0.2) is 11.2 Å². The highest BCUT2D eigenvalue weighted by Crippen LogP contribution is 1.99. The van der Waals surface area contributed by atoms with Crippen LogP contribution < -0.4 is 5.32 Å². The van der Waals surface area contributed by atoms with E-state index < -0.39 is 0 Å². The molecule has 0 aliphatic heterocycles. The molecule has 0 fully saturated rings. The molecule has 0 saturated heterocycles. The van der Waals surface area contributed by atoms with Crippen LogP contribution in [0, 0.1) is 0 Å². The van der Waals surface area contributed by atoms with Gasteiger partial charge in [0.25, 0.3) is 0 Å². The van der Waals surface area contributed by atoms with E-state index in [2.05, 4.69) is 17.9 Å². The summed E-state index contributed by atoms with van der Waals surface area (Å²) >= 11 is 3.99. The van der Waals surface area contributed by atoms with Gasteiger partial charge in [0, 0.05) is 12.1 Å². The first-order valence-electron chi connectivity index (χ1n) is 3.67. The molecule has 0 aromatic carbocycles. The number of carbonyl (C=O) groups excluding carboxylic acids is 1. The van der Waals surface area contributed by atoms with Gasteiger partial charge < -0.3 is 9.73 Å². The number of amides is 1. The molecule has 1 aromatic heterocycles. The quantitative estimate of drug-likeness (QED) is 0.695. The van der Waals surface area contributed by atoms with E-state index in [0.29, 0.717) is 6.54 Å². The van der Waals surface area contributed by atoms with Gasteiger partial charge >= 0.3 is 0 Å². The lowest BCUT2D eigenvalue weighted by Gasteiger charge is -2.04. The van der Waals surface area contributed by atoms with Crippen LogP contribution in [0.4, 0.5) is 0 Å². The zero-order valence-corrected chi connectivity index (χ0v) is 7.67. The summed E-state index contributed by atoms with van der Waals surface area (Å²) in [7, 11) is 0. The smallest absolute Gasteiger partial charge is 0.232 e. The van der Waals surface area contributed by atoms with Crippen molar-refractivity contribution < 1.29 is 9.21 Å². The van der Waals surface area contributed by atoms with Crippen molar-refractivity contribution >= 4 is 18.5 Å². The average molecular weight is 185 g/mol. The van der Waals surface area contributed by atoms with E-state index in [1.54, 1.807) is 19.5 Å². The fraction of sp³-hybridized carbons (Fsp3) is 0.375. The van der Waals surface area contributed by atoms with E-state index in [-0.39, 0.29) is 11.2 Å². The van der Waals surface area contributed by atoms with Gasteiger partial charge in [-0.3, -0.25) is 4.79 Å². The van der Waals surface area contributed by atoms with Gasteiger partial charge in [0.15, 0.2) is 0 Å². The summed E-state index contributed by atoms with van der Waals surface area (Å²) in [6, 6.07) is 1.81. The molecule has 1 atom stereocenters. The molecule has 1 heterocycles. The van der Waals surface area contributed by atoms with Gasteiger partial charge in [0.05, 0.1) is 17.8 Å². The van der Waals surface area contributed by atoms with Gasteiger partial charge in [0.1, 0.15) is 0 Å². The third kappa shape index (κ3) is 2.62. The zero-order chi connectivity index (χ0) is 8.97. The number of nitrogens with one attached hydrogen (secondary N) is 1. The van der Waals surface area contributed by atoms with Gasteiger partial charge in [-0.1, -0.05) is 0 Å². The van der Waals surface area contributed by atoms with Gasteiger partial charge in [0.2, 0.25) is 5.91 Å². The molecular formula is C8H11NO2S. The summed E-state index contributed by atoms with van der Waals surface area (Å²) in [5.41, 5.74) is 0.956. The second-order valence-corrected chi connectivity index (χ2v) is 3.30. The van der Waals surface area contributed by atoms with E-state index in [0.717, 1.165) is 5.56 Å². The maximum absolute atomic E-state index is 11.0. The Morgan fingerprint density at radius 3 is 3.08 bits per heavy atom. The number of furan rings is 1. The molecule has 4 heteroatoms. The molecule has 0 aliphatic carbocycles. The summed E-state index contributed by atoms with van der Waals surface area (Å²) in [6.45, 7) is 2.23. The summed E-state index contributed by atoms with van der Waals surface area (Å²) in [6.07, 6.45) is 3.18. The van der Waals surface area contributed by atoms with E-state index in [1.807, 2.05) is 6.07 Å². The average Bonchev–Trinajstić information content (AvgIpc) is 2.51. The van der Waals surface area contributed by atoms with Crippen LogP contribution in [0.25, 0.3) is 0 Å². The molecular weight excluding hydrogens is 174 g/mol. The molecule has 0 radical (unpaired) electrons. The predicted molar refractivity (Wildman–Crippen MR) is 49.0 cm³/mol. The van der Waals surface area contributed by atoms with Crippen molar-refractivity contribution in [1.29, 1.82) is 0 Å². The first-order chi connectivity index (χ1) is 5.70. The molecule has 1 aromatic rings. The maximum Gasteiger partial charge on any atom is 0.232 e. The van der Waals surface area contributed by atoms with Crippen molar-refractivity contribution in [3.05, 3.63) is 24.2 Å². The van der Waals surface area contributed by atoms with E-state index >= 15 is 0 Å². The highest BCUT2D eigenvalue weighted by Gasteiger charge is 2.06. The lowest BCUT2D eigenvalue weighted by molar-refractivity contribution is -0.120. The molecule has 66 valence electrons. The molecule has 3 nitrogen and oxygen atoms in total.